The van der Waals surface area contributed by atoms with E-state index < -0.39 is 27.1 Å². The fourth-order valence-electron chi connectivity index (χ4n) is 2.11. The molecule has 0 atom stereocenters. The first-order valence-corrected chi connectivity index (χ1v) is 6.59. The Morgan fingerprint density at radius 3 is 2.21 bits per heavy atom. The quantitative estimate of drug-likeness (QED) is 0.671. The molecule has 10 nitrogen and oxygen atoms in total. The van der Waals surface area contributed by atoms with Crippen molar-refractivity contribution in [2.45, 2.75) is 0 Å². The summed E-state index contributed by atoms with van der Waals surface area (Å²) in [6, 6.07) is 7.39. The molecule has 10 heteroatoms. The van der Waals surface area contributed by atoms with Crippen molar-refractivity contribution in [2.24, 2.45) is 0 Å². The number of non-ortho nitro benzene ring substituents is 2. The zero-order chi connectivity index (χ0) is 17.3. The Morgan fingerprint density at radius 2 is 1.58 bits per heavy atom. The van der Waals surface area contributed by atoms with E-state index in [4.69, 9.17) is 9.47 Å². The molecule has 0 radical (unpaired) electrons. The van der Waals surface area contributed by atoms with Crippen molar-refractivity contribution in [2.75, 3.05) is 12.1 Å². The van der Waals surface area contributed by atoms with Crippen LogP contribution in [-0.2, 0) is 0 Å². The Kier molecular flexibility index (Phi) is 3.70. The minimum Gasteiger partial charge on any atom is -0.454 e. The second kappa shape index (κ2) is 5.83. The van der Waals surface area contributed by atoms with Crippen LogP contribution in [-0.4, -0.2) is 22.5 Å². The Morgan fingerprint density at radius 1 is 0.958 bits per heavy atom. The molecule has 0 aromatic heterocycles. The lowest BCUT2D eigenvalue weighted by Crippen LogP contribution is -2.12. The predicted octanol–water partition coefficient (Wildman–Crippen LogP) is 2.48. The molecule has 0 saturated carbocycles. The van der Waals surface area contributed by atoms with Crippen molar-refractivity contribution in [3.63, 3.8) is 0 Å². The van der Waals surface area contributed by atoms with Crippen molar-refractivity contribution in [1.29, 1.82) is 0 Å². The molecule has 1 amide bonds. The summed E-state index contributed by atoms with van der Waals surface area (Å²) in [6.07, 6.45) is 0. The van der Waals surface area contributed by atoms with E-state index in [-0.39, 0.29) is 12.4 Å². The Bertz CT molecular complexity index is 833. The van der Waals surface area contributed by atoms with Gasteiger partial charge in [0.1, 0.15) is 0 Å². The van der Waals surface area contributed by atoms with Crippen LogP contribution in [0, 0.1) is 20.2 Å². The second-order valence-electron chi connectivity index (χ2n) is 4.77. The Labute approximate surface area is 133 Å². The standard InChI is InChI=1S/C14H9N3O7/c18-14(15-9-1-2-12-13(5-9)24-7-23-12)8-3-10(16(19)20)6-11(4-8)17(21)22/h1-6H,7H2,(H,15,18). The summed E-state index contributed by atoms with van der Waals surface area (Å²) in [5.74, 6) is 0.248. The molecule has 2 aromatic carbocycles. The average molecular weight is 331 g/mol. The van der Waals surface area contributed by atoms with Gasteiger partial charge in [-0.2, -0.15) is 0 Å². The van der Waals surface area contributed by atoms with Gasteiger partial charge in [-0.3, -0.25) is 25.0 Å². The third-order valence-electron chi connectivity index (χ3n) is 3.22. The number of hydrogen-bond acceptors (Lipinski definition) is 7. The summed E-state index contributed by atoms with van der Waals surface area (Å²) in [4.78, 5) is 32.3. The Hall–Kier alpha value is -3.69. The van der Waals surface area contributed by atoms with Crippen molar-refractivity contribution >= 4 is 23.0 Å². The third-order valence-corrected chi connectivity index (χ3v) is 3.22. The maximum atomic E-state index is 12.2. The fourth-order valence-corrected chi connectivity index (χ4v) is 2.11. The second-order valence-corrected chi connectivity index (χ2v) is 4.77. The smallest absolute Gasteiger partial charge is 0.277 e. The van der Waals surface area contributed by atoms with Gasteiger partial charge in [-0.25, -0.2) is 0 Å². The average Bonchev–Trinajstić information content (AvgIpc) is 3.01. The lowest BCUT2D eigenvalue weighted by Gasteiger charge is -2.06. The van der Waals surface area contributed by atoms with Crippen LogP contribution in [0.25, 0.3) is 0 Å². The van der Waals surface area contributed by atoms with Gasteiger partial charge in [-0.05, 0) is 12.1 Å². The molecule has 1 aliphatic heterocycles. The van der Waals surface area contributed by atoms with E-state index in [9.17, 15) is 25.0 Å². The van der Waals surface area contributed by atoms with E-state index in [1.54, 1.807) is 12.1 Å². The van der Waals surface area contributed by atoms with Gasteiger partial charge < -0.3 is 14.8 Å². The van der Waals surface area contributed by atoms with E-state index in [1.807, 2.05) is 0 Å². The van der Waals surface area contributed by atoms with Crippen LogP contribution in [0.3, 0.4) is 0 Å². The Balaban J connectivity index is 1.89. The minimum absolute atomic E-state index is 0.0732. The molecular formula is C14H9N3O7. The maximum Gasteiger partial charge on any atom is 0.277 e. The molecule has 0 fully saturated rings. The lowest BCUT2D eigenvalue weighted by atomic mass is 10.1. The fraction of sp³-hybridized carbons (Fsp3) is 0.0714. The molecule has 24 heavy (non-hydrogen) atoms. The van der Waals surface area contributed by atoms with Gasteiger partial charge in [0.05, 0.1) is 21.5 Å². The van der Waals surface area contributed by atoms with Crippen LogP contribution in [0.1, 0.15) is 10.4 Å². The van der Waals surface area contributed by atoms with Gasteiger partial charge in [0.15, 0.2) is 11.5 Å². The highest BCUT2D eigenvalue weighted by molar-refractivity contribution is 6.05. The molecule has 1 heterocycles. The van der Waals surface area contributed by atoms with Crippen LogP contribution >= 0.6 is 0 Å². The number of nitrogens with zero attached hydrogens (tertiary/aromatic N) is 2. The topological polar surface area (TPSA) is 134 Å². The number of benzene rings is 2. The lowest BCUT2D eigenvalue weighted by molar-refractivity contribution is -0.394. The van der Waals surface area contributed by atoms with Gasteiger partial charge in [0.2, 0.25) is 6.79 Å². The van der Waals surface area contributed by atoms with Crippen molar-refractivity contribution in [1.82, 2.24) is 0 Å². The van der Waals surface area contributed by atoms with Gasteiger partial charge in [-0.1, -0.05) is 0 Å². The number of nitrogens with one attached hydrogen (secondary N) is 1. The summed E-state index contributed by atoms with van der Waals surface area (Å²) in [5.41, 5.74) is -0.924. The molecule has 0 spiro atoms. The van der Waals surface area contributed by atoms with E-state index in [1.165, 1.54) is 6.07 Å². The van der Waals surface area contributed by atoms with Gasteiger partial charge in [0.25, 0.3) is 17.3 Å². The SMILES string of the molecule is O=C(Nc1ccc2c(c1)OCO2)c1cc([N+](=O)[O-])cc([N+](=O)[O-])c1. The number of amides is 1. The van der Waals surface area contributed by atoms with E-state index in [2.05, 4.69) is 5.32 Å². The first-order valence-electron chi connectivity index (χ1n) is 6.59. The zero-order valence-corrected chi connectivity index (χ0v) is 11.9. The molecule has 0 unspecified atom stereocenters. The maximum absolute atomic E-state index is 12.2. The number of fused-ring (bicyclic) bond motifs is 1. The normalized spacial score (nSPS) is 11.8. The summed E-state index contributed by atoms with van der Waals surface area (Å²) >= 11 is 0. The number of ether oxygens (including phenoxy) is 2. The zero-order valence-electron chi connectivity index (χ0n) is 11.9. The number of hydrogen-bond donors (Lipinski definition) is 1. The highest BCUT2D eigenvalue weighted by atomic mass is 16.7. The first kappa shape index (κ1) is 15.2. The summed E-state index contributed by atoms with van der Waals surface area (Å²) in [6.45, 7) is 0.0732. The number of carbonyl (C=O) groups excluding carboxylic acids is 1. The van der Waals surface area contributed by atoms with Crippen molar-refractivity contribution in [3.8, 4) is 11.5 Å². The summed E-state index contributed by atoms with van der Waals surface area (Å²) in [5, 5.41) is 24.2. The van der Waals surface area contributed by atoms with Crippen LogP contribution in [0.15, 0.2) is 36.4 Å². The highest BCUT2D eigenvalue weighted by Gasteiger charge is 2.20. The number of nitro benzene ring substituents is 2. The molecule has 0 saturated heterocycles. The molecule has 3 rings (SSSR count). The minimum atomic E-state index is -0.801. The van der Waals surface area contributed by atoms with Crippen molar-refractivity contribution < 1.29 is 24.1 Å². The first-order chi connectivity index (χ1) is 11.4. The van der Waals surface area contributed by atoms with Gasteiger partial charge >= 0.3 is 0 Å². The van der Waals surface area contributed by atoms with Crippen LogP contribution in [0.2, 0.25) is 0 Å². The largest absolute Gasteiger partial charge is 0.454 e. The number of anilines is 1. The molecule has 1 N–H and O–H groups in total. The molecular weight excluding hydrogens is 322 g/mol. The van der Waals surface area contributed by atoms with E-state index in [0.717, 1.165) is 18.2 Å². The monoisotopic (exact) mass is 331 g/mol. The molecule has 1 aliphatic rings. The third kappa shape index (κ3) is 2.92. The molecule has 122 valence electrons. The number of nitro groups is 2. The van der Waals surface area contributed by atoms with E-state index in [0.29, 0.717) is 17.2 Å². The van der Waals surface area contributed by atoms with Crippen LogP contribution < -0.4 is 14.8 Å². The predicted molar refractivity (Wildman–Crippen MR) is 80.3 cm³/mol. The number of carbonyl (C=O) groups is 1. The summed E-state index contributed by atoms with van der Waals surface area (Å²) in [7, 11) is 0. The van der Waals surface area contributed by atoms with Crippen molar-refractivity contribution in [3.05, 3.63) is 62.2 Å². The van der Waals surface area contributed by atoms with Gasteiger partial charge in [0, 0.05) is 23.9 Å². The van der Waals surface area contributed by atoms with Crippen LogP contribution in [0.4, 0.5) is 17.1 Å². The highest BCUT2D eigenvalue weighted by Crippen LogP contribution is 2.34. The molecule has 0 bridgehead atoms. The van der Waals surface area contributed by atoms with Gasteiger partial charge in [-0.15, -0.1) is 0 Å². The molecule has 2 aromatic rings. The van der Waals surface area contributed by atoms with E-state index >= 15 is 0 Å². The van der Waals surface area contributed by atoms with Crippen LogP contribution in [0.5, 0.6) is 11.5 Å². The number of rotatable bonds is 4. The summed E-state index contributed by atoms with van der Waals surface area (Å²) < 4.78 is 10.3. The molecule has 0 aliphatic carbocycles.